The van der Waals surface area contributed by atoms with E-state index in [0.717, 1.165) is 6.54 Å². The standard InChI is InChI=1S/C5H12N2.C2H6.H2/c1-7-3-2-5(6)4-7;1-2;/h5H,2-4,6H2,1H3;1-2H3;1H. The predicted molar refractivity (Wildman–Crippen MR) is 43.6 cm³/mol. The molecule has 0 aliphatic carbocycles. The fraction of sp³-hybridized carbons (Fsp3) is 1.00. The zero-order valence-electron chi connectivity index (χ0n) is 6.72. The number of hydrogen-bond donors (Lipinski definition) is 1. The van der Waals surface area contributed by atoms with Crippen molar-refractivity contribution in [3.63, 3.8) is 0 Å². The van der Waals surface area contributed by atoms with Crippen LogP contribution in [0.3, 0.4) is 0 Å². The van der Waals surface area contributed by atoms with Gasteiger partial charge in [0.2, 0.25) is 0 Å². The van der Waals surface area contributed by atoms with Gasteiger partial charge >= 0.3 is 0 Å². The minimum absolute atomic E-state index is 0. The third-order valence-electron chi connectivity index (χ3n) is 1.43. The zero-order chi connectivity index (χ0) is 7.28. The van der Waals surface area contributed by atoms with Gasteiger partial charge < -0.3 is 10.6 Å². The van der Waals surface area contributed by atoms with Gasteiger partial charge in [-0.25, -0.2) is 0 Å². The zero-order valence-corrected chi connectivity index (χ0v) is 6.72. The molecule has 0 aromatic rings. The highest BCUT2D eigenvalue weighted by Crippen LogP contribution is 2.01. The maximum Gasteiger partial charge on any atom is 0.0179 e. The first-order chi connectivity index (χ1) is 4.29. The molecule has 2 heteroatoms. The monoisotopic (exact) mass is 132 g/mol. The van der Waals surface area contributed by atoms with Gasteiger partial charge in [-0.05, 0) is 20.0 Å². The lowest BCUT2D eigenvalue weighted by atomic mass is 10.3. The van der Waals surface area contributed by atoms with E-state index >= 15 is 0 Å². The largest absolute Gasteiger partial charge is 0.326 e. The number of likely N-dealkylation sites (tertiary alicyclic amines) is 1. The lowest BCUT2D eigenvalue weighted by molar-refractivity contribution is 0.411. The maximum atomic E-state index is 5.58. The van der Waals surface area contributed by atoms with E-state index in [1.807, 2.05) is 13.8 Å². The fourth-order valence-electron chi connectivity index (χ4n) is 0.969. The normalized spacial score (nSPS) is 27.3. The van der Waals surface area contributed by atoms with Crippen molar-refractivity contribution in [1.29, 1.82) is 0 Å². The molecule has 0 saturated carbocycles. The van der Waals surface area contributed by atoms with Gasteiger partial charge in [0.25, 0.3) is 0 Å². The highest BCUT2D eigenvalue weighted by atomic mass is 15.1. The molecule has 0 aromatic carbocycles. The van der Waals surface area contributed by atoms with Crippen LogP contribution in [0.4, 0.5) is 0 Å². The summed E-state index contributed by atoms with van der Waals surface area (Å²) in [5.41, 5.74) is 5.58. The van der Waals surface area contributed by atoms with Crippen molar-refractivity contribution in [3.8, 4) is 0 Å². The molecule has 0 aromatic heterocycles. The number of nitrogens with zero attached hydrogens (tertiary/aromatic N) is 1. The molecule has 0 amide bonds. The highest BCUT2D eigenvalue weighted by molar-refractivity contribution is 4.74. The molecule has 9 heavy (non-hydrogen) atoms. The van der Waals surface area contributed by atoms with Gasteiger partial charge in [0, 0.05) is 14.0 Å². The summed E-state index contributed by atoms with van der Waals surface area (Å²) in [6.45, 7) is 6.27. The number of rotatable bonds is 0. The minimum atomic E-state index is 0. The second kappa shape index (κ2) is 4.77. The van der Waals surface area contributed by atoms with Crippen LogP contribution < -0.4 is 5.73 Å². The van der Waals surface area contributed by atoms with E-state index in [9.17, 15) is 0 Å². The molecule has 1 unspecified atom stereocenters. The second-order valence-corrected chi connectivity index (χ2v) is 2.31. The summed E-state index contributed by atoms with van der Waals surface area (Å²) < 4.78 is 0. The van der Waals surface area contributed by atoms with Crippen molar-refractivity contribution in [2.75, 3.05) is 20.1 Å². The van der Waals surface area contributed by atoms with Gasteiger partial charge in [-0.3, -0.25) is 0 Å². The summed E-state index contributed by atoms with van der Waals surface area (Å²) in [5, 5.41) is 0. The Morgan fingerprint density at radius 2 is 2.11 bits per heavy atom. The second-order valence-electron chi connectivity index (χ2n) is 2.31. The van der Waals surface area contributed by atoms with E-state index in [1.165, 1.54) is 13.0 Å². The fourth-order valence-corrected chi connectivity index (χ4v) is 0.969. The number of hydrogen-bond acceptors (Lipinski definition) is 2. The first kappa shape index (κ1) is 8.92. The van der Waals surface area contributed by atoms with Crippen LogP contribution in [-0.4, -0.2) is 31.1 Å². The van der Waals surface area contributed by atoms with Crippen LogP contribution in [0.15, 0.2) is 0 Å². The SMILES string of the molecule is CC.CN1CCC(N)C1.[HH]. The topological polar surface area (TPSA) is 29.3 Å². The highest BCUT2D eigenvalue weighted by Gasteiger charge is 2.13. The average Bonchev–Trinajstić information content (AvgIpc) is 2.20. The molecular weight excluding hydrogens is 112 g/mol. The Hall–Kier alpha value is -0.0800. The summed E-state index contributed by atoms with van der Waals surface area (Å²) in [5.74, 6) is 0. The van der Waals surface area contributed by atoms with Crippen molar-refractivity contribution in [3.05, 3.63) is 0 Å². The Bertz CT molecular complexity index is 60.6. The summed E-state index contributed by atoms with van der Waals surface area (Å²) in [7, 11) is 2.10. The lowest BCUT2D eigenvalue weighted by Crippen LogP contribution is -2.23. The smallest absolute Gasteiger partial charge is 0.0179 e. The van der Waals surface area contributed by atoms with E-state index < -0.39 is 0 Å². The Morgan fingerprint density at radius 3 is 2.22 bits per heavy atom. The molecule has 58 valence electrons. The minimum Gasteiger partial charge on any atom is -0.326 e. The van der Waals surface area contributed by atoms with E-state index in [2.05, 4.69) is 11.9 Å². The third-order valence-corrected chi connectivity index (χ3v) is 1.43. The number of nitrogens with two attached hydrogens (primary N) is 1. The van der Waals surface area contributed by atoms with E-state index in [4.69, 9.17) is 5.73 Å². The summed E-state index contributed by atoms with van der Waals surface area (Å²) >= 11 is 0. The van der Waals surface area contributed by atoms with E-state index in [1.54, 1.807) is 0 Å². The maximum absolute atomic E-state index is 5.58. The van der Waals surface area contributed by atoms with Crippen molar-refractivity contribution < 1.29 is 1.43 Å². The van der Waals surface area contributed by atoms with Crippen LogP contribution in [-0.2, 0) is 0 Å². The third kappa shape index (κ3) is 3.49. The Balaban J connectivity index is 0. The van der Waals surface area contributed by atoms with E-state index in [-0.39, 0.29) is 1.43 Å². The first-order valence-corrected chi connectivity index (χ1v) is 3.73. The average molecular weight is 132 g/mol. The van der Waals surface area contributed by atoms with Crippen LogP contribution in [0.5, 0.6) is 0 Å². The molecule has 2 nitrogen and oxygen atoms in total. The van der Waals surface area contributed by atoms with Gasteiger partial charge in [0.15, 0.2) is 0 Å². The van der Waals surface area contributed by atoms with Gasteiger partial charge in [0.1, 0.15) is 0 Å². The molecule has 0 radical (unpaired) electrons. The molecule has 0 bridgehead atoms. The van der Waals surface area contributed by atoms with Crippen molar-refractivity contribution >= 4 is 0 Å². The Morgan fingerprint density at radius 1 is 1.56 bits per heavy atom. The quantitative estimate of drug-likeness (QED) is 0.531. The molecule has 1 rings (SSSR count). The van der Waals surface area contributed by atoms with Gasteiger partial charge in [0.05, 0.1) is 0 Å². The predicted octanol–water partition coefficient (Wildman–Crippen LogP) is 0.921. The van der Waals surface area contributed by atoms with Crippen molar-refractivity contribution in [2.45, 2.75) is 26.3 Å². The van der Waals surface area contributed by atoms with Crippen LogP contribution in [0.1, 0.15) is 21.7 Å². The molecule has 1 aliphatic heterocycles. The summed E-state index contributed by atoms with van der Waals surface area (Å²) in [4.78, 5) is 2.25. The van der Waals surface area contributed by atoms with Gasteiger partial charge in [-0.1, -0.05) is 13.8 Å². The summed E-state index contributed by atoms with van der Waals surface area (Å²) in [6, 6.07) is 0.449. The van der Waals surface area contributed by atoms with Gasteiger partial charge in [-0.2, -0.15) is 0 Å². The van der Waals surface area contributed by atoms with Crippen molar-refractivity contribution in [1.82, 2.24) is 4.90 Å². The molecule has 0 spiro atoms. The molecule has 1 heterocycles. The van der Waals surface area contributed by atoms with Gasteiger partial charge in [-0.15, -0.1) is 0 Å². The molecule has 2 N–H and O–H groups in total. The molecule has 1 fully saturated rings. The van der Waals surface area contributed by atoms with Crippen LogP contribution in [0.2, 0.25) is 0 Å². The molecule has 1 atom stereocenters. The molecule has 1 aliphatic rings. The van der Waals surface area contributed by atoms with Crippen molar-refractivity contribution in [2.24, 2.45) is 5.73 Å². The lowest BCUT2D eigenvalue weighted by Gasteiger charge is -2.03. The molecule has 1 saturated heterocycles. The first-order valence-electron chi connectivity index (χ1n) is 3.73. The van der Waals surface area contributed by atoms with Crippen LogP contribution in [0.25, 0.3) is 0 Å². The molecular formula is C7H20N2. The van der Waals surface area contributed by atoms with Crippen LogP contribution >= 0.6 is 0 Å². The Kier molecular flexibility index (Phi) is 4.72. The van der Waals surface area contributed by atoms with Crippen LogP contribution in [0, 0.1) is 0 Å². The summed E-state index contributed by atoms with van der Waals surface area (Å²) in [6.07, 6.45) is 1.18. The van der Waals surface area contributed by atoms with E-state index in [0.29, 0.717) is 6.04 Å². The number of likely N-dealkylation sites (N-methyl/N-ethyl adjacent to an activating group) is 1. The Labute approximate surface area is 59.5 Å².